The fraction of sp³-hybridized carbons (Fsp3) is 0.188. The molecule has 0 radical (unpaired) electrons. The highest BCUT2D eigenvalue weighted by Gasteiger charge is 2.44. The summed E-state index contributed by atoms with van der Waals surface area (Å²) in [5, 5.41) is 2.41. The summed E-state index contributed by atoms with van der Waals surface area (Å²) in [6.45, 7) is 0. The van der Waals surface area contributed by atoms with E-state index >= 15 is 0 Å². The standard InChI is InChI=1S/C16H12N2O/c19-10-17-16(7-8-16)11-5-6-15-13(9-11)12-3-1-2-4-14(12)18-15/h1-6,9,18H,7-8H2. The molecule has 0 bridgehead atoms. The van der Waals surface area contributed by atoms with Gasteiger partial charge < -0.3 is 4.98 Å². The largest absolute Gasteiger partial charge is 0.355 e. The van der Waals surface area contributed by atoms with Gasteiger partial charge in [0.25, 0.3) is 0 Å². The highest BCUT2D eigenvalue weighted by Crippen LogP contribution is 2.49. The van der Waals surface area contributed by atoms with Crippen LogP contribution >= 0.6 is 0 Å². The summed E-state index contributed by atoms with van der Waals surface area (Å²) in [5.74, 6) is 0. The molecule has 1 heterocycles. The van der Waals surface area contributed by atoms with Crippen molar-refractivity contribution in [2.24, 2.45) is 4.99 Å². The van der Waals surface area contributed by atoms with Crippen LogP contribution in [0.2, 0.25) is 0 Å². The molecule has 0 unspecified atom stereocenters. The molecule has 3 heteroatoms. The molecule has 4 rings (SSSR count). The third-order valence-corrected chi connectivity index (χ3v) is 4.03. The molecule has 3 aromatic rings. The van der Waals surface area contributed by atoms with E-state index in [0.717, 1.165) is 29.4 Å². The highest BCUT2D eigenvalue weighted by atomic mass is 16.1. The minimum Gasteiger partial charge on any atom is -0.355 e. The van der Waals surface area contributed by atoms with E-state index in [9.17, 15) is 4.79 Å². The van der Waals surface area contributed by atoms with E-state index in [1.807, 2.05) is 12.1 Å². The smallest absolute Gasteiger partial charge is 0.235 e. The molecule has 0 saturated heterocycles. The fourth-order valence-electron chi connectivity index (χ4n) is 2.81. The van der Waals surface area contributed by atoms with Crippen molar-refractivity contribution in [3.8, 4) is 0 Å². The monoisotopic (exact) mass is 248 g/mol. The van der Waals surface area contributed by atoms with Crippen LogP contribution in [0.25, 0.3) is 21.8 Å². The van der Waals surface area contributed by atoms with E-state index in [0.29, 0.717) is 0 Å². The van der Waals surface area contributed by atoms with Gasteiger partial charge in [0, 0.05) is 21.8 Å². The van der Waals surface area contributed by atoms with Crippen LogP contribution in [0.15, 0.2) is 47.5 Å². The number of nitrogens with zero attached hydrogens (tertiary/aromatic N) is 1. The third-order valence-electron chi connectivity index (χ3n) is 4.03. The molecular formula is C16H12N2O. The zero-order chi connectivity index (χ0) is 12.9. The third kappa shape index (κ3) is 1.46. The van der Waals surface area contributed by atoms with Crippen molar-refractivity contribution >= 4 is 27.9 Å². The molecule has 1 aliphatic carbocycles. The molecule has 0 spiro atoms. The zero-order valence-electron chi connectivity index (χ0n) is 10.3. The molecule has 1 fully saturated rings. The first-order valence-electron chi connectivity index (χ1n) is 6.42. The SMILES string of the molecule is O=C=NC1(c2ccc3[nH]c4ccccc4c3c2)CC1. The lowest BCUT2D eigenvalue weighted by Gasteiger charge is -2.07. The van der Waals surface area contributed by atoms with Crippen LogP contribution in [0.5, 0.6) is 0 Å². The number of nitrogens with one attached hydrogen (secondary N) is 1. The first-order chi connectivity index (χ1) is 9.32. The van der Waals surface area contributed by atoms with Crippen molar-refractivity contribution in [1.29, 1.82) is 0 Å². The number of para-hydroxylation sites is 1. The molecule has 1 N–H and O–H groups in total. The van der Waals surface area contributed by atoms with Gasteiger partial charge in [0.2, 0.25) is 6.08 Å². The Morgan fingerprint density at radius 1 is 1.05 bits per heavy atom. The topological polar surface area (TPSA) is 45.2 Å². The number of benzene rings is 2. The molecule has 3 nitrogen and oxygen atoms in total. The number of isocyanates is 1. The van der Waals surface area contributed by atoms with Crippen molar-refractivity contribution in [2.45, 2.75) is 18.4 Å². The van der Waals surface area contributed by atoms with Gasteiger partial charge in [-0.2, -0.15) is 4.99 Å². The number of carbonyl (C=O) groups excluding carboxylic acids is 1. The minimum absolute atomic E-state index is 0.297. The van der Waals surface area contributed by atoms with Gasteiger partial charge in [-0.3, -0.25) is 0 Å². The molecule has 1 aliphatic rings. The minimum atomic E-state index is -0.297. The Labute approximate surface area is 110 Å². The lowest BCUT2D eigenvalue weighted by Crippen LogP contribution is -2.01. The first kappa shape index (κ1) is 10.5. The maximum Gasteiger partial charge on any atom is 0.235 e. The molecule has 0 amide bonds. The summed E-state index contributed by atoms with van der Waals surface area (Å²) in [7, 11) is 0. The number of aromatic amines is 1. The number of fused-ring (bicyclic) bond motifs is 3. The molecule has 1 aromatic heterocycles. The van der Waals surface area contributed by atoms with Gasteiger partial charge >= 0.3 is 0 Å². The van der Waals surface area contributed by atoms with E-state index in [2.05, 4.69) is 40.3 Å². The second-order valence-corrected chi connectivity index (χ2v) is 5.17. The van der Waals surface area contributed by atoms with E-state index < -0.39 is 0 Å². The Balaban J connectivity index is 2.00. The molecule has 0 atom stereocenters. The maximum absolute atomic E-state index is 10.6. The Morgan fingerprint density at radius 2 is 1.84 bits per heavy atom. The molecule has 0 aliphatic heterocycles. The molecular weight excluding hydrogens is 236 g/mol. The van der Waals surface area contributed by atoms with Crippen molar-refractivity contribution in [2.75, 3.05) is 0 Å². The van der Waals surface area contributed by atoms with Gasteiger partial charge in [-0.1, -0.05) is 24.3 Å². The van der Waals surface area contributed by atoms with Gasteiger partial charge in [0.1, 0.15) is 0 Å². The summed E-state index contributed by atoms with van der Waals surface area (Å²) in [6, 6.07) is 14.5. The van der Waals surface area contributed by atoms with Gasteiger partial charge in [-0.15, -0.1) is 0 Å². The van der Waals surface area contributed by atoms with Gasteiger partial charge in [-0.05, 0) is 36.6 Å². The van der Waals surface area contributed by atoms with Gasteiger partial charge in [0.05, 0.1) is 5.54 Å². The van der Waals surface area contributed by atoms with E-state index in [-0.39, 0.29) is 5.54 Å². The van der Waals surface area contributed by atoms with Crippen LogP contribution in [0.1, 0.15) is 18.4 Å². The number of H-pyrrole nitrogens is 1. The quantitative estimate of drug-likeness (QED) is 0.546. The number of hydrogen-bond acceptors (Lipinski definition) is 2. The first-order valence-corrected chi connectivity index (χ1v) is 6.42. The summed E-state index contributed by atoms with van der Waals surface area (Å²) in [4.78, 5) is 18.0. The average Bonchev–Trinajstić information content (AvgIpc) is 3.13. The van der Waals surface area contributed by atoms with E-state index in [1.54, 1.807) is 6.08 Å². The molecule has 2 aromatic carbocycles. The number of aromatic nitrogens is 1. The van der Waals surface area contributed by atoms with Crippen LogP contribution in [-0.2, 0) is 10.3 Å². The van der Waals surface area contributed by atoms with Crippen LogP contribution in [0.3, 0.4) is 0 Å². The van der Waals surface area contributed by atoms with E-state index in [1.165, 1.54) is 10.8 Å². The molecule has 92 valence electrons. The molecule has 1 saturated carbocycles. The normalized spacial score (nSPS) is 16.4. The van der Waals surface area contributed by atoms with Crippen LogP contribution < -0.4 is 0 Å². The van der Waals surface area contributed by atoms with Crippen molar-refractivity contribution in [3.63, 3.8) is 0 Å². The molecule has 19 heavy (non-hydrogen) atoms. The zero-order valence-corrected chi connectivity index (χ0v) is 10.3. The summed E-state index contributed by atoms with van der Waals surface area (Å²) < 4.78 is 0. The van der Waals surface area contributed by atoms with Gasteiger partial charge in [0.15, 0.2) is 0 Å². The number of hydrogen-bond donors (Lipinski definition) is 1. The Hall–Kier alpha value is -2.38. The van der Waals surface area contributed by atoms with Crippen LogP contribution in [-0.4, -0.2) is 11.1 Å². The van der Waals surface area contributed by atoms with Crippen molar-refractivity contribution in [1.82, 2.24) is 4.98 Å². The van der Waals surface area contributed by atoms with Crippen LogP contribution in [0.4, 0.5) is 0 Å². The summed E-state index contributed by atoms with van der Waals surface area (Å²) in [5.41, 5.74) is 3.08. The second kappa shape index (κ2) is 3.56. The van der Waals surface area contributed by atoms with Crippen molar-refractivity contribution < 1.29 is 4.79 Å². The van der Waals surface area contributed by atoms with Crippen molar-refractivity contribution in [3.05, 3.63) is 48.0 Å². The summed E-state index contributed by atoms with van der Waals surface area (Å²) in [6.07, 6.45) is 3.60. The Morgan fingerprint density at radius 3 is 2.63 bits per heavy atom. The lowest BCUT2D eigenvalue weighted by atomic mass is 10.0. The average molecular weight is 248 g/mol. The lowest BCUT2D eigenvalue weighted by molar-refractivity contribution is 0.556. The number of rotatable bonds is 2. The Bertz CT molecular complexity index is 836. The predicted octanol–water partition coefficient (Wildman–Crippen LogP) is 3.65. The predicted molar refractivity (Wildman–Crippen MR) is 74.8 cm³/mol. The maximum atomic E-state index is 10.6. The van der Waals surface area contributed by atoms with Gasteiger partial charge in [-0.25, -0.2) is 4.79 Å². The Kier molecular flexibility index (Phi) is 1.97. The van der Waals surface area contributed by atoms with Crippen LogP contribution in [0, 0.1) is 0 Å². The second-order valence-electron chi connectivity index (χ2n) is 5.17. The highest BCUT2D eigenvalue weighted by molar-refractivity contribution is 6.07. The fourth-order valence-corrected chi connectivity index (χ4v) is 2.81. The van der Waals surface area contributed by atoms with E-state index in [4.69, 9.17) is 0 Å². The number of aliphatic imine (C=N–C) groups is 1. The summed E-state index contributed by atoms with van der Waals surface area (Å²) >= 11 is 0.